The van der Waals surface area contributed by atoms with E-state index < -0.39 is 0 Å². The van der Waals surface area contributed by atoms with Crippen molar-refractivity contribution in [3.05, 3.63) is 29.8 Å². The Kier molecular flexibility index (Phi) is 5.00. The minimum atomic E-state index is -0.0933. The van der Waals surface area contributed by atoms with Gasteiger partial charge in [-0.25, -0.2) is 0 Å². The first-order chi connectivity index (χ1) is 9.15. The maximum atomic E-state index is 11.8. The molecule has 0 spiro atoms. The number of ether oxygens (including phenoxy) is 1. The third kappa shape index (κ3) is 4.38. The van der Waals surface area contributed by atoms with E-state index >= 15 is 0 Å². The van der Waals surface area contributed by atoms with Crippen LogP contribution < -0.4 is 4.74 Å². The Balaban J connectivity index is 1.77. The average Bonchev–Trinajstić information content (AvgIpc) is 2.90. The van der Waals surface area contributed by atoms with Crippen LogP contribution in [0.25, 0.3) is 0 Å². The van der Waals surface area contributed by atoms with Crippen LogP contribution in [0.4, 0.5) is 0 Å². The minimum absolute atomic E-state index is 0.0933. The summed E-state index contributed by atoms with van der Waals surface area (Å²) in [5.74, 6) is 1.83. The zero-order valence-corrected chi connectivity index (χ0v) is 12.0. The molecule has 1 saturated carbocycles. The van der Waals surface area contributed by atoms with Crippen LogP contribution in [-0.2, 0) is 4.79 Å². The summed E-state index contributed by atoms with van der Waals surface area (Å²) in [7, 11) is 0. The van der Waals surface area contributed by atoms with Gasteiger partial charge in [-0.3, -0.25) is 4.79 Å². The normalized spacial score (nSPS) is 15.9. The van der Waals surface area contributed by atoms with E-state index in [1.165, 1.54) is 31.2 Å². The fourth-order valence-electron chi connectivity index (χ4n) is 2.72. The summed E-state index contributed by atoms with van der Waals surface area (Å²) in [5.41, 5.74) is 1.27. The standard InChI is InChI=1S/C17H24O2/c1-13(2)15-8-10-16(11-9-15)19-17(18)12-7-14-5-3-4-6-14/h8-11,13-14H,3-7,12H2,1-2H3. The second-order valence-corrected chi connectivity index (χ2v) is 5.89. The summed E-state index contributed by atoms with van der Waals surface area (Å²) < 4.78 is 5.37. The number of rotatable bonds is 5. The predicted molar refractivity (Wildman–Crippen MR) is 77.4 cm³/mol. The molecule has 0 unspecified atom stereocenters. The van der Waals surface area contributed by atoms with Crippen molar-refractivity contribution in [2.45, 2.75) is 58.3 Å². The summed E-state index contributed by atoms with van der Waals surface area (Å²) >= 11 is 0. The lowest BCUT2D eigenvalue weighted by Gasteiger charge is -2.09. The van der Waals surface area contributed by atoms with Crippen LogP contribution in [-0.4, -0.2) is 5.97 Å². The fraction of sp³-hybridized carbons (Fsp3) is 0.588. The van der Waals surface area contributed by atoms with Crippen LogP contribution in [0.2, 0.25) is 0 Å². The van der Waals surface area contributed by atoms with E-state index in [-0.39, 0.29) is 5.97 Å². The lowest BCUT2D eigenvalue weighted by atomic mass is 10.0. The molecule has 1 aliphatic carbocycles. The summed E-state index contributed by atoms with van der Waals surface area (Å²) in [6.45, 7) is 4.31. The highest BCUT2D eigenvalue weighted by molar-refractivity contribution is 5.72. The van der Waals surface area contributed by atoms with Gasteiger partial charge in [-0.15, -0.1) is 0 Å². The summed E-state index contributed by atoms with van der Waals surface area (Å²) in [4.78, 5) is 11.8. The molecular formula is C17H24O2. The van der Waals surface area contributed by atoms with Gasteiger partial charge in [0.05, 0.1) is 0 Å². The second-order valence-electron chi connectivity index (χ2n) is 5.89. The van der Waals surface area contributed by atoms with Crippen molar-refractivity contribution < 1.29 is 9.53 Å². The Bertz CT molecular complexity index is 400. The van der Waals surface area contributed by atoms with Crippen molar-refractivity contribution >= 4 is 5.97 Å². The van der Waals surface area contributed by atoms with E-state index in [1.54, 1.807) is 0 Å². The van der Waals surface area contributed by atoms with Crippen molar-refractivity contribution in [3.8, 4) is 5.75 Å². The number of carbonyl (C=O) groups is 1. The van der Waals surface area contributed by atoms with Crippen LogP contribution >= 0.6 is 0 Å². The molecule has 0 radical (unpaired) electrons. The first kappa shape index (κ1) is 14.1. The van der Waals surface area contributed by atoms with Crippen LogP contribution in [0.5, 0.6) is 5.75 Å². The summed E-state index contributed by atoms with van der Waals surface area (Å²) in [6, 6.07) is 7.85. The summed E-state index contributed by atoms with van der Waals surface area (Å²) in [5, 5.41) is 0. The quantitative estimate of drug-likeness (QED) is 0.567. The van der Waals surface area contributed by atoms with Crippen molar-refractivity contribution in [3.63, 3.8) is 0 Å². The van der Waals surface area contributed by atoms with Gasteiger partial charge >= 0.3 is 5.97 Å². The molecule has 0 atom stereocenters. The topological polar surface area (TPSA) is 26.3 Å². The van der Waals surface area contributed by atoms with E-state index in [0.717, 1.165) is 12.3 Å². The van der Waals surface area contributed by atoms with Crippen LogP contribution in [0.3, 0.4) is 0 Å². The molecule has 0 saturated heterocycles. The molecule has 0 amide bonds. The second kappa shape index (κ2) is 6.74. The van der Waals surface area contributed by atoms with Crippen molar-refractivity contribution in [1.82, 2.24) is 0 Å². The molecular weight excluding hydrogens is 236 g/mol. The Morgan fingerprint density at radius 2 is 1.84 bits per heavy atom. The van der Waals surface area contributed by atoms with E-state index in [2.05, 4.69) is 13.8 Å². The van der Waals surface area contributed by atoms with Gasteiger partial charge < -0.3 is 4.74 Å². The van der Waals surface area contributed by atoms with Crippen LogP contribution in [0.15, 0.2) is 24.3 Å². The van der Waals surface area contributed by atoms with Crippen LogP contribution in [0, 0.1) is 5.92 Å². The van der Waals surface area contributed by atoms with Gasteiger partial charge in [-0.2, -0.15) is 0 Å². The largest absolute Gasteiger partial charge is 0.427 e. The highest BCUT2D eigenvalue weighted by atomic mass is 16.5. The molecule has 104 valence electrons. The Morgan fingerprint density at radius 1 is 1.21 bits per heavy atom. The lowest BCUT2D eigenvalue weighted by molar-refractivity contribution is -0.134. The number of hydrogen-bond acceptors (Lipinski definition) is 2. The minimum Gasteiger partial charge on any atom is -0.427 e. The molecule has 0 bridgehead atoms. The number of benzene rings is 1. The molecule has 2 rings (SSSR count). The first-order valence-corrected chi connectivity index (χ1v) is 7.46. The van der Waals surface area contributed by atoms with E-state index in [9.17, 15) is 4.79 Å². The Labute approximate surface area is 116 Å². The van der Waals surface area contributed by atoms with Gasteiger partial charge in [0, 0.05) is 6.42 Å². The monoisotopic (exact) mass is 260 g/mol. The van der Waals surface area contributed by atoms with Crippen LogP contribution in [0.1, 0.15) is 63.9 Å². The maximum absolute atomic E-state index is 11.8. The molecule has 2 heteroatoms. The van der Waals surface area contributed by atoms with Gasteiger partial charge in [0.25, 0.3) is 0 Å². The van der Waals surface area contributed by atoms with E-state index in [0.29, 0.717) is 18.1 Å². The lowest BCUT2D eigenvalue weighted by Crippen LogP contribution is -2.09. The third-order valence-electron chi connectivity index (χ3n) is 4.01. The molecule has 1 fully saturated rings. The molecule has 0 N–H and O–H groups in total. The zero-order chi connectivity index (χ0) is 13.7. The van der Waals surface area contributed by atoms with Gasteiger partial charge in [-0.05, 0) is 36.0 Å². The first-order valence-electron chi connectivity index (χ1n) is 7.46. The highest BCUT2D eigenvalue weighted by Gasteiger charge is 2.16. The number of carbonyl (C=O) groups excluding carboxylic acids is 1. The van der Waals surface area contributed by atoms with Gasteiger partial charge in [0.2, 0.25) is 0 Å². The van der Waals surface area contributed by atoms with Gasteiger partial charge in [0.1, 0.15) is 5.75 Å². The third-order valence-corrected chi connectivity index (χ3v) is 4.01. The molecule has 0 aliphatic heterocycles. The van der Waals surface area contributed by atoms with Crippen molar-refractivity contribution in [2.24, 2.45) is 5.92 Å². The van der Waals surface area contributed by atoms with Crippen molar-refractivity contribution in [2.75, 3.05) is 0 Å². The Hall–Kier alpha value is -1.31. The molecule has 1 aromatic carbocycles. The van der Waals surface area contributed by atoms with Gasteiger partial charge in [-0.1, -0.05) is 51.7 Å². The molecule has 0 aromatic heterocycles. The van der Waals surface area contributed by atoms with E-state index in [1.807, 2.05) is 24.3 Å². The molecule has 0 heterocycles. The highest BCUT2D eigenvalue weighted by Crippen LogP contribution is 2.28. The molecule has 1 aromatic rings. The maximum Gasteiger partial charge on any atom is 0.311 e. The SMILES string of the molecule is CC(C)c1ccc(OC(=O)CCC2CCCC2)cc1. The smallest absolute Gasteiger partial charge is 0.311 e. The molecule has 1 aliphatic rings. The van der Waals surface area contributed by atoms with Crippen molar-refractivity contribution in [1.29, 1.82) is 0 Å². The Morgan fingerprint density at radius 3 is 2.42 bits per heavy atom. The predicted octanol–water partition coefficient (Wildman–Crippen LogP) is 4.69. The molecule has 2 nitrogen and oxygen atoms in total. The number of esters is 1. The summed E-state index contributed by atoms with van der Waals surface area (Å²) in [6.07, 6.45) is 6.78. The zero-order valence-electron chi connectivity index (χ0n) is 12.0. The van der Waals surface area contributed by atoms with E-state index in [4.69, 9.17) is 4.74 Å². The van der Waals surface area contributed by atoms with Gasteiger partial charge in [0.15, 0.2) is 0 Å². The molecule has 19 heavy (non-hydrogen) atoms. The average molecular weight is 260 g/mol. The number of hydrogen-bond donors (Lipinski definition) is 0. The fourth-order valence-corrected chi connectivity index (χ4v) is 2.72.